The second-order valence-electron chi connectivity index (χ2n) is 2.53. The van der Waals surface area contributed by atoms with Crippen LogP contribution in [-0.2, 0) is 13.6 Å². The van der Waals surface area contributed by atoms with Gasteiger partial charge in [0.1, 0.15) is 6.33 Å². The third-order valence-corrected chi connectivity index (χ3v) is 2.21. The molecule has 68 valence electrons. The predicted octanol–water partition coefficient (Wildman–Crippen LogP) is 0.884. The van der Waals surface area contributed by atoms with Crippen LogP contribution in [0.15, 0.2) is 17.9 Å². The molecule has 0 aliphatic rings. The molecule has 2 aromatic rings. The highest BCUT2D eigenvalue weighted by molar-refractivity contribution is 7.13. The van der Waals surface area contributed by atoms with Crippen LogP contribution in [0, 0.1) is 0 Å². The molecule has 0 saturated heterocycles. The molecular weight excluding hydrogens is 186 g/mol. The average Bonchev–Trinajstić information content (AvgIpc) is 2.71. The molecule has 0 amide bonds. The summed E-state index contributed by atoms with van der Waals surface area (Å²) in [6.07, 6.45) is 3.44. The van der Waals surface area contributed by atoms with Crippen molar-refractivity contribution in [2.45, 2.75) is 6.54 Å². The molecule has 2 heterocycles. The molecule has 0 saturated carbocycles. The van der Waals surface area contributed by atoms with Gasteiger partial charge >= 0.3 is 0 Å². The summed E-state index contributed by atoms with van der Waals surface area (Å²) in [5, 5.41) is 10.1. The van der Waals surface area contributed by atoms with Crippen LogP contribution in [0.2, 0.25) is 0 Å². The Morgan fingerprint density at radius 1 is 1.54 bits per heavy atom. The standard InChI is InChI=1S/C7H9N5S/c1-12-5-10-6(11-12)4-9-7-8-2-3-13-7/h2-3,5H,4H2,1H3,(H,8,9). The lowest BCUT2D eigenvalue weighted by Gasteiger charge is -1.96. The highest BCUT2D eigenvalue weighted by atomic mass is 32.1. The van der Waals surface area contributed by atoms with Gasteiger partial charge in [0.2, 0.25) is 0 Å². The van der Waals surface area contributed by atoms with E-state index in [1.54, 1.807) is 28.5 Å². The van der Waals surface area contributed by atoms with Crippen LogP contribution in [0.1, 0.15) is 5.82 Å². The molecule has 0 atom stereocenters. The fourth-order valence-corrected chi connectivity index (χ4v) is 1.46. The van der Waals surface area contributed by atoms with Crippen molar-refractivity contribution in [1.82, 2.24) is 19.7 Å². The van der Waals surface area contributed by atoms with Gasteiger partial charge in [-0.05, 0) is 0 Å². The zero-order chi connectivity index (χ0) is 9.10. The summed E-state index contributed by atoms with van der Waals surface area (Å²) in [6, 6.07) is 0. The van der Waals surface area contributed by atoms with Crippen molar-refractivity contribution < 1.29 is 0 Å². The van der Waals surface area contributed by atoms with E-state index in [0.29, 0.717) is 6.54 Å². The molecule has 5 nitrogen and oxygen atoms in total. The van der Waals surface area contributed by atoms with Crippen molar-refractivity contribution in [3.63, 3.8) is 0 Å². The van der Waals surface area contributed by atoms with E-state index < -0.39 is 0 Å². The van der Waals surface area contributed by atoms with Gasteiger partial charge < -0.3 is 5.32 Å². The van der Waals surface area contributed by atoms with E-state index in [-0.39, 0.29) is 0 Å². The Hall–Kier alpha value is -1.43. The van der Waals surface area contributed by atoms with E-state index in [4.69, 9.17) is 0 Å². The molecule has 0 aliphatic heterocycles. The fraction of sp³-hybridized carbons (Fsp3) is 0.286. The van der Waals surface area contributed by atoms with E-state index in [1.165, 1.54) is 0 Å². The molecule has 1 N–H and O–H groups in total. The molecule has 6 heteroatoms. The van der Waals surface area contributed by atoms with Gasteiger partial charge in [0.05, 0.1) is 6.54 Å². The first-order valence-corrected chi connectivity index (χ1v) is 4.70. The molecule has 0 unspecified atom stereocenters. The van der Waals surface area contributed by atoms with Crippen LogP contribution >= 0.6 is 11.3 Å². The quantitative estimate of drug-likeness (QED) is 0.790. The lowest BCUT2D eigenvalue weighted by atomic mass is 10.6. The summed E-state index contributed by atoms with van der Waals surface area (Å²) in [6.45, 7) is 0.619. The Balaban J connectivity index is 1.93. The van der Waals surface area contributed by atoms with Gasteiger partial charge in [0, 0.05) is 18.6 Å². The van der Waals surface area contributed by atoms with E-state index in [2.05, 4.69) is 20.4 Å². The number of anilines is 1. The highest BCUT2D eigenvalue weighted by Gasteiger charge is 1.98. The van der Waals surface area contributed by atoms with Crippen molar-refractivity contribution in [3.05, 3.63) is 23.7 Å². The fourth-order valence-electron chi connectivity index (χ4n) is 0.930. The second kappa shape index (κ2) is 3.53. The molecular formula is C7H9N5S. The summed E-state index contributed by atoms with van der Waals surface area (Å²) >= 11 is 1.56. The Kier molecular flexibility index (Phi) is 2.22. The normalized spacial score (nSPS) is 10.2. The Morgan fingerprint density at radius 2 is 2.46 bits per heavy atom. The van der Waals surface area contributed by atoms with Gasteiger partial charge in [-0.2, -0.15) is 5.10 Å². The van der Waals surface area contributed by atoms with Crippen LogP contribution in [0.5, 0.6) is 0 Å². The first-order valence-electron chi connectivity index (χ1n) is 3.82. The number of hydrogen-bond acceptors (Lipinski definition) is 5. The minimum absolute atomic E-state index is 0.619. The molecule has 0 spiro atoms. The molecule has 2 aromatic heterocycles. The molecule has 2 rings (SSSR count). The van der Waals surface area contributed by atoms with E-state index >= 15 is 0 Å². The molecule has 13 heavy (non-hydrogen) atoms. The zero-order valence-corrected chi connectivity index (χ0v) is 7.95. The van der Waals surface area contributed by atoms with Crippen LogP contribution < -0.4 is 5.32 Å². The van der Waals surface area contributed by atoms with E-state index in [0.717, 1.165) is 11.0 Å². The van der Waals surface area contributed by atoms with Crippen molar-refractivity contribution in [3.8, 4) is 0 Å². The van der Waals surface area contributed by atoms with E-state index in [1.807, 2.05) is 12.4 Å². The van der Waals surface area contributed by atoms with E-state index in [9.17, 15) is 0 Å². The maximum Gasteiger partial charge on any atom is 0.182 e. The lowest BCUT2D eigenvalue weighted by Crippen LogP contribution is -2.01. The summed E-state index contributed by atoms with van der Waals surface area (Å²) < 4.78 is 1.68. The largest absolute Gasteiger partial charge is 0.354 e. The first kappa shape index (κ1) is 8.18. The number of rotatable bonds is 3. The third kappa shape index (κ3) is 2.03. The SMILES string of the molecule is Cn1cnc(CNc2nccs2)n1. The molecule has 0 radical (unpaired) electrons. The highest BCUT2D eigenvalue weighted by Crippen LogP contribution is 2.10. The zero-order valence-electron chi connectivity index (χ0n) is 7.14. The van der Waals surface area contributed by atoms with Crippen molar-refractivity contribution in [2.75, 3.05) is 5.32 Å². The van der Waals surface area contributed by atoms with Gasteiger partial charge in [0.25, 0.3) is 0 Å². The Morgan fingerprint density at radius 3 is 3.08 bits per heavy atom. The minimum Gasteiger partial charge on any atom is -0.354 e. The summed E-state index contributed by atoms with van der Waals surface area (Å²) in [5.41, 5.74) is 0. The van der Waals surface area contributed by atoms with Crippen molar-refractivity contribution in [1.29, 1.82) is 0 Å². The average molecular weight is 195 g/mol. The van der Waals surface area contributed by atoms with Gasteiger partial charge in [0.15, 0.2) is 11.0 Å². The summed E-state index contributed by atoms with van der Waals surface area (Å²) in [5.74, 6) is 0.776. The number of aromatic nitrogens is 4. The van der Waals surface area contributed by atoms with Crippen LogP contribution in [0.4, 0.5) is 5.13 Å². The topological polar surface area (TPSA) is 55.6 Å². The molecule has 0 aliphatic carbocycles. The Labute approximate surface area is 79.5 Å². The monoisotopic (exact) mass is 195 g/mol. The van der Waals surface area contributed by atoms with Crippen LogP contribution in [0.3, 0.4) is 0 Å². The van der Waals surface area contributed by atoms with Gasteiger partial charge in [-0.25, -0.2) is 9.97 Å². The molecule has 0 aromatic carbocycles. The van der Waals surface area contributed by atoms with Gasteiger partial charge in [-0.15, -0.1) is 11.3 Å². The van der Waals surface area contributed by atoms with Gasteiger partial charge in [-0.3, -0.25) is 4.68 Å². The molecule has 0 bridgehead atoms. The third-order valence-electron chi connectivity index (χ3n) is 1.48. The first-order chi connectivity index (χ1) is 6.34. The van der Waals surface area contributed by atoms with Crippen molar-refractivity contribution in [2.24, 2.45) is 7.05 Å². The Bertz CT molecular complexity index is 366. The number of aryl methyl sites for hydroxylation is 1. The predicted molar refractivity (Wildman–Crippen MR) is 50.4 cm³/mol. The minimum atomic E-state index is 0.619. The number of nitrogens with one attached hydrogen (secondary N) is 1. The summed E-state index contributed by atoms with van der Waals surface area (Å²) in [7, 11) is 1.85. The number of hydrogen-bond donors (Lipinski definition) is 1. The number of thiazole rings is 1. The van der Waals surface area contributed by atoms with Crippen LogP contribution in [-0.4, -0.2) is 19.7 Å². The number of nitrogens with zero attached hydrogens (tertiary/aromatic N) is 4. The smallest absolute Gasteiger partial charge is 0.182 e. The maximum absolute atomic E-state index is 4.13. The lowest BCUT2D eigenvalue weighted by molar-refractivity contribution is 0.747. The second-order valence-corrected chi connectivity index (χ2v) is 3.42. The van der Waals surface area contributed by atoms with Crippen LogP contribution in [0.25, 0.3) is 0 Å². The van der Waals surface area contributed by atoms with Gasteiger partial charge in [-0.1, -0.05) is 0 Å². The molecule has 0 fully saturated rings. The summed E-state index contributed by atoms with van der Waals surface area (Å²) in [4.78, 5) is 8.16. The van der Waals surface area contributed by atoms with Crippen molar-refractivity contribution >= 4 is 16.5 Å². The maximum atomic E-state index is 4.13.